The van der Waals surface area contributed by atoms with Crippen molar-refractivity contribution in [3.63, 3.8) is 0 Å². The summed E-state index contributed by atoms with van der Waals surface area (Å²) < 4.78 is 26.6. The molecule has 2 unspecified atom stereocenters. The van der Waals surface area contributed by atoms with Gasteiger partial charge in [-0.05, 0) is 49.8 Å². The van der Waals surface area contributed by atoms with Gasteiger partial charge in [-0.1, -0.05) is 31.6 Å². The summed E-state index contributed by atoms with van der Waals surface area (Å²) in [5.41, 5.74) is 1.51. The number of halogens is 2. The first-order chi connectivity index (χ1) is 9.28. The molecule has 20 heavy (non-hydrogen) atoms. The van der Waals surface area contributed by atoms with Gasteiger partial charge in [-0.15, -0.1) is 0 Å². The van der Waals surface area contributed by atoms with Crippen molar-refractivity contribution in [1.82, 2.24) is 0 Å². The van der Waals surface area contributed by atoms with Crippen molar-refractivity contribution in [3.8, 4) is 0 Å². The van der Waals surface area contributed by atoms with E-state index in [9.17, 15) is 13.6 Å². The summed E-state index contributed by atoms with van der Waals surface area (Å²) in [6.45, 7) is 7.82. The van der Waals surface area contributed by atoms with E-state index in [1.54, 1.807) is 6.07 Å². The third-order valence-corrected chi connectivity index (χ3v) is 3.58. The maximum absolute atomic E-state index is 13.5. The molecule has 2 atom stereocenters. The van der Waals surface area contributed by atoms with Crippen molar-refractivity contribution >= 4 is 6.29 Å². The van der Waals surface area contributed by atoms with E-state index >= 15 is 0 Å². The lowest BCUT2D eigenvalue weighted by Crippen LogP contribution is -2.25. The molecule has 0 radical (unpaired) electrons. The van der Waals surface area contributed by atoms with Crippen LogP contribution in [0.5, 0.6) is 0 Å². The van der Waals surface area contributed by atoms with Crippen molar-refractivity contribution < 1.29 is 13.6 Å². The van der Waals surface area contributed by atoms with Crippen LogP contribution in [0.2, 0.25) is 0 Å². The van der Waals surface area contributed by atoms with E-state index in [-0.39, 0.29) is 11.3 Å². The van der Waals surface area contributed by atoms with E-state index in [2.05, 4.69) is 6.08 Å². The van der Waals surface area contributed by atoms with Crippen molar-refractivity contribution in [1.29, 1.82) is 0 Å². The van der Waals surface area contributed by atoms with E-state index in [1.807, 2.05) is 27.7 Å². The fourth-order valence-corrected chi connectivity index (χ4v) is 2.38. The van der Waals surface area contributed by atoms with Gasteiger partial charge in [0.25, 0.3) is 0 Å². The lowest BCUT2D eigenvalue weighted by atomic mass is 9.73. The monoisotopic (exact) mass is 280 g/mol. The standard InChI is InChI=1S/C17H22F2O/c1-12(2)7-8-17(4,10-13(3)11-20)14-5-6-15(18)16(19)9-14/h5-7,9,11,13H,8,10H2,1-4H3. The van der Waals surface area contributed by atoms with Gasteiger partial charge < -0.3 is 4.79 Å². The summed E-state index contributed by atoms with van der Waals surface area (Å²) in [4.78, 5) is 10.9. The Labute approximate surface area is 119 Å². The minimum atomic E-state index is -0.846. The van der Waals surface area contributed by atoms with Gasteiger partial charge in [0, 0.05) is 5.92 Å². The molecule has 0 heterocycles. The van der Waals surface area contributed by atoms with Crippen LogP contribution in [0.15, 0.2) is 29.8 Å². The van der Waals surface area contributed by atoms with Crippen LogP contribution in [0.3, 0.4) is 0 Å². The Kier molecular flexibility index (Phi) is 5.61. The van der Waals surface area contributed by atoms with E-state index in [1.165, 1.54) is 6.07 Å². The highest BCUT2D eigenvalue weighted by Gasteiger charge is 2.28. The van der Waals surface area contributed by atoms with Gasteiger partial charge in [0.15, 0.2) is 11.6 Å². The molecule has 0 N–H and O–H groups in total. The second-order valence-corrected chi connectivity index (χ2v) is 5.99. The number of aldehydes is 1. The van der Waals surface area contributed by atoms with E-state index in [0.29, 0.717) is 12.8 Å². The predicted molar refractivity (Wildman–Crippen MR) is 77.6 cm³/mol. The summed E-state index contributed by atoms with van der Waals surface area (Å²) in [6, 6.07) is 4.00. The molecule has 0 aliphatic rings. The Morgan fingerprint density at radius 3 is 2.45 bits per heavy atom. The van der Waals surface area contributed by atoms with Gasteiger partial charge in [-0.25, -0.2) is 8.78 Å². The molecule has 1 rings (SSSR count). The summed E-state index contributed by atoms with van der Waals surface area (Å²) in [6.07, 6.45) is 4.27. The molecular weight excluding hydrogens is 258 g/mol. The molecule has 0 aliphatic carbocycles. The number of rotatable bonds is 6. The van der Waals surface area contributed by atoms with Crippen molar-refractivity contribution in [3.05, 3.63) is 47.0 Å². The zero-order valence-electron chi connectivity index (χ0n) is 12.5. The number of allylic oxidation sites excluding steroid dienone is 2. The molecule has 1 nitrogen and oxygen atoms in total. The summed E-state index contributed by atoms with van der Waals surface area (Å²) >= 11 is 0. The normalized spacial score (nSPS) is 15.3. The van der Waals surface area contributed by atoms with Crippen molar-refractivity contribution in [2.24, 2.45) is 5.92 Å². The number of carbonyl (C=O) groups excluding carboxylic acids is 1. The molecule has 0 aliphatic heterocycles. The highest BCUT2D eigenvalue weighted by atomic mass is 19.2. The molecule has 0 aromatic heterocycles. The summed E-state index contributed by atoms with van der Waals surface area (Å²) in [7, 11) is 0. The molecule has 1 aromatic carbocycles. The molecule has 0 saturated carbocycles. The van der Waals surface area contributed by atoms with Crippen molar-refractivity contribution in [2.75, 3.05) is 0 Å². The van der Waals surface area contributed by atoms with Crippen LogP contribution in [0, 0.1) is 17.6 Å². The van der Waals surface area contributed by atoms with Gasteiger partial charge in [0.05, 0.1) is 0 Å². The Morgan fingerprint density at radius 1 is 1.30 bits per heavy atom. The Morgan fingerprint density at radius 2 is 1.95 bits per heavy atom. The van der Waals surface area contributed by atoms with E-state index in [0.717, 1.165) is 23.5 Å². The Balaban J connectivity index is 3.17. The minimum absolute atomic E-state index is 0.126. The molecule has 0 bridgehead atoms. The van der Waals surface area contributed by atoms with Gasteiger partial charge in [0.2, 0.25) is 0 Å². The maximum Gasteiger partial charge on any atom is 0.159 e. The average Bonchev–Trinajstić information content (AvgIpc) is 2.39. The molecule has 1 aromatic rings. The number of hydrogen-bond acceptors (Lipinski definition) is 1. The van der Waals surface area contributed by atoms with Crippen LogP contribution in [0.25, 0.3) is 0 Å². The average molecular weight is 280 g/mol. The quantitative estimate of drug-likeness (QED) is 0.540. The summed E-state index contributed by atoms with van der Waals surface area (Å²) in [5.74, 6) is -1.81. The lowest BCUT2D eigenvalue weighted by Gasteiger charge is -2.31. The number of carbonyl (C=O) groups is 1. The van der Waals surface area contributed by atoms with Gasteiger partial charge in [-0.2, -0.15) is 0 Å². The molecule has 3 heteroatoms. The number of benzene rings is 1. The van der Waals surface area contributed by atoms with Gasteiger partial charge >= 0.3 is 0 Å². The molecule has 0 spiro atoms. The fourth-order valence-electron chi connectivity index (χ4n) is 2.38. The SMILES string of the molecule is CC(C)=CCC(C)(CC(C)C=O)c1ccc(F)c(F)c1. The first-order valence-corrected chi connectivity index (χ1v) is 6.82. The third kappa shape index (κ3) is 4.26. The highest BCUT2D eigenvalue weighted by molar-refractivity contribution is 5.53. The molecular formula is C17H22F2O. The third-order valence-electron chi connectivity index (χ3n) is 3.58. The van der Waals surface area contributed by atoms with E-state index < -0.39 is 11.6 Å². The highest BCUT2D eigenvalue weighted by Crippen LogP contribution is 2.35. The molecule has 0 saturated heterocycles. The number of hydrogen-bond donors (Lipinski definition) is 0. The fraction of sp³-hybridized carbons (Fsp3) is 0.471. The van der Waals surface area contributed by atoms with Crippen molar-refractivity contribution in [2.45, 2.75) is 46.0 Å². The lowest BCUT2D eigenvalue weighted by molar-refractivity contribution is -0.111. The van der Waals surface area contributed by atoms with Gasteiger partial charge in [-0.3, -0.25) is 0 Å². The van der Waals surface area contributed by atoms with E-state index in [4.69, 9.17) is 0 Å². The zero-order chi connectivity index (χ0) is 15.3. The first-order valence-electron chi connectivity index (χ1n) is 6.82. The van der Waals surface area contributed by atoms with Crippen LogP contribution in [-0.4, -0.2) is 6.29 Å². The second-order valence-electron chi connectivity index (χ2n) is 5.99. The minimum Gasteiger partial charge on any atom is -0.303 e. The van der Waals surface area contributed by atoms with Crippen LogP contribution < -0.4 is 0 Å². The van der Waals surface area contributed by atoms with Gasteiger partial charge in [0.1, 0.15) is 6.29 Å². The molecule has 110 valence electrons. The zero-order valence-corrected chi connectivity index (χ0v) is 12.5. The van der Waals surface area contributed by atoms with Crippen LogP contribution >= 0.6 is 0 Å². The topological polar surface area (TPSA) is 17.1 Å². The molecule has 0 fully saturated rings. The predicted octanol–water partition coefficient (Wildman–Crippen LogP) is 4.80. The smallest absolute Gasteiger partial charge is 0.159 e. The first kappa shape index (κ1) is 16.5. The van der Waals surface area contributed by atoms with Crippen LogP contribution in [-0.2, 0) is 10.2 Å². The summed E-state index contributed by atoms with van der Waals surface area (Å²) in [5, 5.41) is 0. The molecule has 0 amide bonds. The second kappa shape index (κ2) is 6.78. The Bertz CT molecular complexity index is 504. The van der Waals surface area contributed by atoms with Crippen LogP contribution in [0.1, 0.15) is 46.1 Å². The Hall–Kier alpha value is -1.51. The van der Waals surface area contributed by atoms with Crippen LogP contribution in [0.4, 0.5) is 8.78 Å². The largest absolute Gasteiger partial charge is 0.303 e. The maximum atomic E-state index is 13.5.